The molecule has 5 unspecified atom stereocenters. The summed E-state index contributed by atoms with van der Waals surface area (Å²) in [4.78, 5) is 1.41. The molecule has 6 nitrogen and oxygen atoms in total. The summed E-state index contributed by atoms with van der Waals surface area (Å²) in [6.07, 6.45) is 0.226. The second-order valence-corrected chi connectivity index (χ2v) is 4.95. The number of ether oxygens (including phenoxy) is 1. The maximum atomic E-state index is 10.3. The van der Waals surface area contributed by atoms with Gasteiger partial charge >= 0.3 is 0 Å². The summed E-state index contributed by atoms with van der Waals surface area (Å²) in [6, 6.07) is 0. The van der Waals surface area contributed by atoms with Crippen LogP contribution in [0.1, 0.15) is 26.6 Å². The molecule has 1 aliphatic heterocycles. The standard InChI is InChI=1S/C11H20N4O2/c1-6-7(2)17-8(3)11(6)9(16)5-10-12-14-15(4)13-10/h6-9,11,16H,5H2,1-4H3. The van der Waals surface area contributed by atoms with Gasteiger partial charge in [0.2, 0.25) is 0 Å². The maximum absolute atomic E-state index is 10.3. The van der Waals surface area contributed by atoms with Gasteiger partial charge in [0, 0.05) is 12.3 Å². The number of aromatic nitrogens is 4. The van der Waals surface area contributed by atoms with Crippen LogP contribution in [0.25, 0.3) is 0 Å². The van der Waals surface area contributed by atoms with E-state index in [2.05, 4.69) is 29.3 Å². The Balaban J connectivity index is 2.02. The average molecular weight is 240 g/mol. The molecule has 1 aromatic heterocycles. The third-order valence-electron chi connectivity index (χ3n) is 3.70. The quantitative estimate of drug-likeness (QED) is 0.815. The Morgan fingerprint density at radius 1 is 1.35 bits per heavy atom. The van der Waals surface area contributed by atoms with Crippen LogP contribution in [0.2, 0.25) is 0 Å². The number of aryl methyl sites for hydroxylation is 1. The van der Waals surface area contributed by atoms with Crippen LogP contribution in [0, 0.1) is 11.8 Å². The molecule has 1 aliphatic rings. The maximum Gasteiger partial charge on any atom is 0.177 e. The van der Waals surface area contributed by atoms with Gasteiger partial charge in [0.05, 0.1) is 25.4 Å². The molecule has 5 atom stereocenters. The molecule has 0 aliphatic carbocycles. The highest BCUT2D eigenvalue weighted by Crippen LogP contribution is 2.35. The average Bonchev–Trinajstić information content (AvgIpc) is 2.73. The molecule has 0 bridgehead atoms. The first-order chi connectivity index (χ1) is 7.99. The first-order valence-corrected chi connectivity index (χ1v) is 6.05. The van der Waals surface area contributed by atoms with E-state index in [0.717, 1.165) is 0 Å². The van der Waals surface area contributed by atoms with Gasteiger partial charge in [0.1, 0.15) is 0 Å². The predicted octanol–water partition coefficient (Wildman–Crippen LogP) is 0.173. The smallest absolute Gasteiger partial charge is 0.177 e. The van der Waals surface area contributed by atoms with Crippen LogP contribution in [-0.4, -0.2) is 43.6 Å². The monoisotopic (exact) mass is 240 g/mol. The van der Waals surface area contributed by atoms with Crippen molar-refractivity contribution in [3.05, 3.63) is 5.82 Å². The lowest BCUT2D eigenvalue weighted by Crippen LogP contribution is -2.32. The normalized spacial score (nSPS) is 35.1. The second kappa shape index (κ2) is 4.70. The molecule has 17 heavy (non-hydrogen) atoms. The molecule has 1 saturated heterocycles. The predicted molar refractivity (Wildman–Crippen MR) is 61.2 cm³/mol. The fourth-order valence-electron chi connectivity index (χ4n) is 2.69. The van der Waals surface area contributed by atoms with Crippen molar-refractivity contribution in [2.75, 3.05) is 0 Å². The molecule has 1 N–H and O–H groups in total. The molecule has 0 radical (unpaired) electrons. The fraction of sp³-hybridized carbons (Fsp3) is 0.909. The van der Waals surface area contributed by atoms with E-state index in [1.807, 2.05) is 6.92 Å². The van der Waals surface area contributed by atoms with E-state index in [1.165, 1.54) is 4.80 Å². The zero-order chi connectivity index (χ0) is 12.6. The molecule has 0 amide bonds. The van der Waals surface area contributed by atoms with Crippen LogP contribution in [0.5, 0.6) is 0 Å². The molecular weight excluding hydrogens is 220 g/mol. The van der Waals surface area contributed by atoms with Crippen molar-refractivity contribution < 1.29 is 9.84 Å². The van der Waals surface area contributed by atoms with E-state index in [4.69, 9.17) is 4.74 Å². The van der Waals surface area contributed by atoms with Gasteiger partial charge in [-0.1, -0.05) is 6.92 Å². The molecule has 1 aromatic rings. The van der Waals surface area contributed by atoms with Gasteiger partial charge in [0.25, 0.3) is 0 Å². The molecule has 0 spiro atoms. The van der Waals surface area contributed by atoms with Crippen LogP contribution >= 0.6 is 0 Å². The van der Waals surface area contributed by atoms with Crippen molar-refractivity contribution in [1.82, 2.24) is 20.2 Å². The highest BCUT2D eigenvalue weighted by atomic mass is 16.5. The summed E-state index contributed by atoms with van der Waals surface area (Å²) in [5.41, 5.74) is 0. The molecule has 2 heterocycles. The van der Waals surface area contributed by atoms with Gasteiger partial charge in [-0.25, -0.2) is 0 Å². The van der Waals surface area contributed by atoms with Crippen molar-refractivity contribution in [3.63, 3.8) is 0 Å². The van der Waals surface area contributed by atoms with E-state index in [9.17, 15) is 5.11 Å². The Morgan fingerprint density at radius 2 is 2.06 bits per heavy atom. The second-order valence-electron chi connectivity index (χ2n) is 4.95. The Morgan fingerprint density at radius 3 is 2.53 bits per heavy atom. The summed E-state index contributed by atoms with van der Waals surface area (Å²) >= 11 is 0. The van der Waals surface area contributed by atoms with E-state index < -0.39 is 6.10 Å². The largest absolute Gasteiger partial charge is 0.392 e. The lowest BCUT2D eigenvalue weighted by Gasteiger charge is -2.23. The van der Waals surface area contributed by atoms with Gasteiger partial charge < -0.3 is 9.84 Å². The summed E-state index contributed by atoms with van der Waals surface area (Å²) in [5, 5.41) is 22.0. The van der Waals surface area contributed by atoms with E-state index in [-0.39, 0.29) is 18.1 Å². The van der Waals surface area contributed by atoms with Crippen molar-refractivity contribution in [2.24, 2.45) is 18.9 Å². The fourth-order valence-corrected chi connectivity index (χ4v) is 2.69. The zero-order valence-corrected chi connectivity index (χ0v) is 10.7. The van der Waals surface area contributed by atoms with Crippen LogP contribution in [0.3, 0.4) is 0 Å². The minimum Gasteiger partial charge on any atom is -0.392 e. The van der Waals surface area contributed by atoms with Gasteiger partial charge in [0.15, 0.2) is 5.82 Å². The van der Waals surface area contributed by atoms with E-state index in [1.54, 1.807) is 7.05 Å². The van der Waals surface area contributed by atoms with E-state index >= 15 is 0 Å². The summed E-state index contributed by atoms with van der Waals surface area (Å²) in [7, 11) is 1.72. The third-order valence-corrected chi connectivity index (χ3v) is 3.70. The van der Waals surface area contributed by atoms with Crippen molar-refractivity contribution in [1.29, 1.82) is 0 Å². The van der Waals surface area contributed by atoms with Gasteiger partial charge in [-0.3, -0.25) is 0 Å². The van der Waals surface area contributed by atoms with Crippen molar-refractivity contribution in [3.8, 4) is 0 Å². The molecule has 96 valence electrons. The Labute approximate surface area is 101 Å². The number of hydrogen-bond acceptors (Lipinski definition) is 5. The van der Waals surface area contributed by atoms with E-state index in [0.29, 0.717) is 18.2 Å². The van der Waals surface area contributed by atoms with Crippen molar-refractivity contribution >= 4 is 0 Å². The number of tetrazole rings is 1. The highest BCUT2D eigenvalue weighted by Gasteiger charge is 2.41. The minimum atomic E-state index is -0.478. The summed E-state index contributed by atoms with van der Waals surface area (Å²) in [6.45, 7) is 6.18. The van der Waals surface area contributed by atoms with Gasteiger partial charge in [-0.05, 0) is 25.0 Å². The van der Waals surface area contributed by atoms with Crippen LogP contribution in [-0.2, 0) is 18.2 Å². The SMILES string of the molecule is CC1OC(C)C(C(O)Cc2nnn(C)n2)C1C. The first-order valence-electron chi connectivity index (χ1n) is 6.05. The highest BCUT2D eigenvalue weighted by molar-refractivity contribution is 4.92. The van der Waals surface area contributed by atoms with Gasteiger partial charge in [-0.15, -0.1) is 10.2 Å². The number of nitrogens with zero attached hydrogens (tertiary/aromatic N) is 4. The Kier molecular flexibility index (Phi) is 3.44. The lowest BCUT2D eigenvalue weighted by atomic mass is 9.84. The molecule has 2 rings (SSSR count). The van der Waals surface area contributed by atoms with Crippen LogP contribution in [0.4, 0.5) is 0 Å². The lowest BCUT2D eigenvalue weighted by molar-refractivity contribution is 0.0234. The zero-order valence-electron chi connectivity index (χ0n) is 10.7. The Hall–Kier alpha value is -1.01. The summed E-state index contributed by atoms with van der Waals surface area (Å²) < 4.78 is 5.73. The molecular formula is C11H20N4O2. The van der Waals surface area contributed by atoms with Crippen LogP contribution in [0.15, 0.2) is 0 Å². The number of aliphatic hydroxyl groups is 1. The number of rotatable bonds is 3. The molecule has 6 heteroatoms. The molecule has 1 fully saturated rings. The Bertz CT molecular complexity index is 381. The van der Waals surface area contributed by atoms with Crippen molar-refractivity contribution in [2.45, 2.75) is 45.5 Å². The first kappa shape index (κ1) is 12.4. The summed E-state index contributed by atoms with van der Waals surface area (Å²) in [5.74, 6) is 1.06. The van der Waals surface area contributed by atoms with Gasteiger partial charge in [-0.2, -0.15) is 4.80 Å². The number of hydrogen-bond donors (Lipinski definition) is 1. The number of aliphatic hydroxyl groups excluding tert-OH is 1. The minimum absolute atomic E-state index is 0.0756. The molecule has 0 saturated carbocycles. The van der Waals surface area contributed by atoms with Crippen LogP contribution < -0.4 is 0 Å². The third kappa shape index (κ3) is 2.47. The molecule has 0 aromatic carbocycles. The topological polar surface area (TPSA) is 73.1 Å².